The van der Waals surface area contributed by atoms with Crippen molar-refractivity contribution in [2.75, 3.05) is 6.61 Å². The maximum Gasteiger partial charge on any atom is 0.168 e. The number of hydrogen-bond donors (Lipinski definition) is 1. The first-order valence-corrected chi connectivity index (χ1v) is 14.2. The summed E-state index contributed by atoms with van der Waals surface area (Å²) in [5, 5.41) is 14.6. The van der Waals surface area contributed by atoms with E-state index in [1.54, 1.807) is 10.9 Å². The first kappa shape index (κ1) is 26.2. The van der Waals surface area contributed by atoms with Crippen LogP contribution in [-0.2, 0) is 16.9 Å². The minimum Gasteiger partial charge on any atom is -0.454 e. The molecule has 42 heavy (non-hydrogen) atoms. The smallest absolute Gasteiger partial charge is 0.168 e. The Kier molecular flexibility index (Phi) is 6.59. The molecule has 9 heteroatoms. The van der Waals surface area contributed by atoms with Gasteiger partial charge >= 0.3 is 0 Å². The third-order valence-corrected chi connectivity index (χ3v) is 7.89. The molecule has 6 aromatic rings. The number of H-pyrrole nitrogens is 1. The summed E-state index contributed by atoms with van der Waals surface area (Å²) < 4.78 is 32.0. The predicted octanol–water partition coefficient (Wildman–Crippen LogP) is 7.24. The van der Waals surface area contributed by atoms with Gasteiger partial charge in [0.05, 0.1) is 24.5 Å². The van der Waals surface area contributed by atoms with Crippen LogP contribution in [0.1, 0.15) is 49.6 Å². The molecule has 1 aliphatic rings. The van der Waals surface area contributed by atoms with Gasteiger partial charge in [0.1, 0.15) is 17.0 Å². The SMILES string of the molecule is CC1(C)OCCCC(c2ccccc2)n2ccc(n2)-c2cccc(c2)Oc2c(F)cc3[nH]ccc3c2Cn2cc1nn2. The Balaban J connectivity index is 1.34. The molecule has 0 saturated heterocycles. The topological polar surface area (TPSA) is 82.8 Å². The van der Waals surface area contributed by atoms with Crippen LogP contribution in [-0.4, -0.2) is 36.4 Å². The Labute approximate surface area is 242 Å². The van der Waals surface area contributed by atoms with Crippen molar-refractivity contribution >= 4 is 10.9 Å². The van der Waals surface area contributed by atoms with E-state index in [0.29, 0.717) is 29.1 Å². The number of aromatic nitrogens is 6. The predicted molar refractivity (Wildman–Crippen MR) is 158 cm³/mol. The summed E-state index contributed by atoms with van der Waals surface area (Å²) in [5.41, 5.74) is 4.27. The molecular weight excluding hydrogens is 531 g/mol. The Hall–Kier alpha value is -4.76. The van der Waals surface area contributed by atoms with Crippen LogP contribution in [0.5, 0.6) is 11.5 Å². The third-order valence-electron chi connectivity index (χ3n) is 7.89. The van der Waals surface area contributed by atoms with Crippen LogP contribution in [0.3, 0.4) is 0 Å². The van der Waals surface area contributed by atoms with Gasteiger partial charge in [0, 0.05) is 47.1 Å². The molecule has 212 valence electrons. The van der Waals surface area contributed by atoms with E-state index in [2.05, 4.69) is 39.6 Å². The number of hydrogen-bond acceptors (Lipinski definition) is 5. The molecule has 1 unspecified atom stereocenters. The maximum absolute atomic E-state index is 15.6. The molecule has 1 N–H and O–H groups in total. The molecule has 6 bridgehead atoms. The number of nitrogens with one attached hydrogen (secondary N) is 1. The van der Waals surface area contributed by atoms with E-state index >= 15 is 4.39 Å². The molecule has 0 saturated carbocycles. The molecule has 0 fully saturated rings. The normalized spacial score (nSPS) is 17.1. The van der Waals surface area contributed by atoms with Gasteiger partial charge < -0.3 is 14.5 Å². The summed E-state index contributed by atoms with van der Waals surface area (Å²) in [4.78, 5) is 3.11. The first-order chi connectivity index (χ1) is 20.4. The lowest BCUT2D eigenvalue weighted by molar-refractivity contribution is -0.0272. The van der Waals surface area contributed by atoms with Crippen molar-refractivity contribution in [3.05, 3.63) is 114 Å². The number of aromatic amines is 1. The van der Waals surface area contributed by atoms with E-state index in [1.807, 2.05) is 73.4 Å². The summed E-state index contributed by atoms with van der Waals surface area (Å²) >= 11 is 0. The highest BCUT2D eigenvalue weighted by atomic mass is 19.1. The number of nitrogens with zero attached hydrogens (tertiary/aromatic N) is 5. The standard InChI is InChI=1S/C33H31FN6O2/c1-33(2)31-21-39(38-36-31)20-26-25-13-15-35-29(25)19-27(34)32(26)42-24-11-6-10-23(18-24)28-14-16-40(37-28)30(12-7-17-41-33)22-8-4-3-5-9-22/h3-6,8-11,13-16,18-19,21,30,35H,7,12,17,20H2,1-2H3. The molecule has 4 heterocycles. The molecular formula is C33H31FN6O2. The van der Waals surface area contributed by atoms with Crippen molar-refractivity contribution in [2.24, 2.45) is 0 Å². The fourth-order valence-corrected chi connectivity index (χ4v) is 5.61. The van der Waals surface area contributed by atoms with Crippen molar-refractivity contribution in [3.8, 4) is 22.8 Å². The molecule has 3 aromatic carbocycles. The summed E-state index contributed by atoms with van der Waals surface area (Å²) in [6.07, 6.45) is 7.34. The number of ether oxygens (including phenoxy) is 2. The molecule has 7 rings (SSSR count). The minimum atomic E-state index is -0.661. The van der Waals surface area contributed by atoms with Gasteiger partial charge in [-0.3, -0.25) is 4.68 Å². The van der Waals surface area contributed by atoms with E-state index in [-0.39, 0.29) is 18.3 Å². The summed E-state index contributed by atoms with van der Waals surface area (Å²) in [6.45, 7) is 4.80. The van der Waals surface area contributed by atoms with Crippen LogP contribution in [0.25, 0.3) is 22.2 Å². The quantitative estimate of drug-likeness (QED) is 0.228. The number of fused-ring (bicyclic) bond motifs is 10. The molecule has 0 aliphatic carbocycles. The Morgan fingerprint density at radius 3 is 2.79 bits per heavy atom. The maximum atomic E-state index is 15.6. The first-order valence-electron chi connectivity index (χ1n) is 14.2. The number of benzene rings is 3. The molecule has 0 spiro atoms. The second kappa shape index (κ2) is 10.6. The third kappa shape index (κ3) is 4.96. The van der Waals surface area contributed by atoms with Gasteiger partial charge in [0.15, 0.2) is 11.6 Å². The summed E-state index contributed by atoms with van der Waals surface area (Å²) in [6, 6.07) is 23.4. The fourth-order valence-electron chi connectivity index (χ4n) is 5.61. The van der Waals surface area contributed by atoms with Crippen LogP contribution < -0.4 is 4.74 Å². The highest BCUT2D eigenvalue weighted by molar-refractivity contribution is 5.85. The zero-order valence-corrected chi connectivity index (χ0v) is 23.5. The average Bonchev–Trinajstić information content (AvgIpc) is 3.77. The lowest BCUT2D eigenvalue weighted by Gasteiger charge is -2.24. The molecule has 1 atom stereocenters. The largest absolute Gasteiger partial charge is 0.454 e. The van der Waals surface area contributed by atoms with Crippen molar-refractivity contribution in [1.82, 2.24) is 29.8 Å². The monoisotopic (exact) mass is 562 g/mol. The van der Waals surface area contributed by atoms with Gasteiger partial charge in [-0.2, -0.15) is 5.10 Å². The Morgan fingerprint density at radius 1 is 1.02 bits per heavy atom. The van der Waals surface area contributed by atoms with Crippen LogP contribution in [0.2, 0.25) is 0 Å². The van der Waals surface area contributed by atoms with E-state index < -0.39 is 11.4 Å². The van der Waals surface area contributed by atoms with Crippen LogP contribution in [0, 0.1) is 5.82 Å². The van der Waals surface area contributed by atoms with E-state index in [4.69, 9.17) is 14.6 Å². The van der Waals surface area contributed by atoms with Crippen LogP contribution in [0.15, 0.2) is 91.4 Å². The molecule has 1 aliphatic heterocycles. The van der Waals surface area contributed by atoms with Crippen molar-refractivity contribution < 1.29 is 13.9 Å². The lowest BCUT2D eigenvalue weighted by atomic mass is 10.0. The Morgan fingerprint density at radius 2 is 1.90 bits per heavy atom. The van der Waals surface area contributed by atoms with Crippen molar-refractivity contribution in [1.29, 1.82) is 0 Å². The highest BCUT2D eigenvalue weighted by Crippen LogP contribution is 2.36. The average molecular weight is 563 g/mol. The van der Waals surface area contributed by atoms with Gasteiger partial charge in [-0.25, -0.2) is 9.07 Å². The lowest BCUT2D eigenvalue weighted by Crippen LogP contribution is -2.23. The van der Waals surface area contributed by atoms with E-state index in [0.717, 1.165) is 29.5 Å². The molecule has 0 radical (unpaired) electrons. The molecule has 8 nitrogen and oxygen atoms in total. The molecule has 3 aromatic heterocycles. The van der Waals surface area contributed by atoms with Crippen molar-refractivity contribution in [2.45, 2.75) is 44.9 Å². The van der Waals surface area contributed by atoms with Crippen LogP contribution in [0.4, 0.5) is 4.39 Å². The van der Waals surface area contributed by atoms with Gasteiger partial charge in [-0.1, -0.05) is 47.7 Å². The van der Waals surface area contributed by atoms with Crippen LogP contribution >= 0.6 is 0 Å². The zero-order valence-electron chi connectivity index (χ0n) is 23.5. The summed E-state index contributed by atoms with van der Waals surface area (Å²) in [7, 11) is 0. The zero-order chi connectivity index (χ0) is 28.7. The number of rotatable bonds is 1. The van der Waals surface area contributed by atoms with Gasteiger partial charge in [0.25, 0.3) is 0 Å². The van der Waals surface area contributed by atoms with E-state index in [9.17, 15) is 0 Å². The van der Waals surface area contributed by atoms with Gasteiger partial charge in [0.2, 0.25) is 0 Å². The van der Waals surface area contributed by atoms with Gasteiger partial charge in [-0.15, -0.1) is 5.10 Å². The second-order valence-corrected chi connectivity index (χ2v) is 11.1. The fraction of sp³-hybridized carbons (Fsp3) is 0.242. The molecule has 0 amide bonds. The van der Waals surface area contributed by atoms with Crippen molar-refractivity contribution in [3.63, 3.8) is 0 Å². The summed E-state index contributed by atoms with van der Waals surface area (Å²) in [5.74, 6) is 0.207. The second-order valence-electron chi connectivity index (χ2n) is 11.1. The minimum absolute atomic E-state index is 0.0405. The van der Waals surface area contributed by atoms with Gasteiger partial charge in [-0.05, 0) is 56.5 Å². The van der Waals surface area contributed by atoms with E-state index in [1.165, 1.54) is 11.6 Å². The number of halogens is 1. The highest BCUT2D eigenvalue weighted by Gasteiger charge is 2.27. The Bertz CT molecular complexity index is 1860.